The Labute approximate surface area is 266 Å². The largest absolute Gasteiger partial charge is 0.501 e. The molecule has 0 amide bonds. The minimum absolute atomic E-state index is 0.349. The molecule has 1 aromatic heterocycles. The fourth-order valence-corrected chi connectivity index (χ4v) is 7.55. The third-order valence-corrected chi connectivity index (χ3v) is 10.1. The smallest absolute Gasteiger partial charge is 0.493 e. The zero-order valence-electron chi connectivity index (χ0n) is 26.2. The quantitative estimate of drug-likeness (QED) is 0.0734. The highest BCUT2D eigenvalue weighted by Crippen LogP contribution is 2.38. The number of hydrogen-bond donors (Lipinski definition) is 0. The number of fused-ring (bicyclic) bond motifs is 1. The highest BCUT2D eigenvalue weighted by Gasteiger charge is 2.39. The summed E-state index contributed by atoms with van der Waals surface area (Å²) in [6, 6.07) is 32.2. The molecule has 0 unspecified atom stereocenters. The van der Waals surface area contributed by atoms with E-state index in [0.717, 1.165) is 22.2 Å². The monoisotopic (exact) mass is 627 g/mol. The van der Waals surface area contributed by atoms with Gasteiger partial charge in [-0.1, -0.05) is 72.8 Å². The third-order valence-electron chi connectivity index (χ3n) is 6.96. The van der Waals surface area contributed by atoms with Crippen LogP contribution in [0.25, 0.3) is 16.7 Å². The third kappa shape index (κ3) is 8.70. The van der Waals surface area contributed by atoms with Gasteiger partial charge in [0.2, 0.25) is 0 Å². The molecule has 0 N–H and O–H groups in total. The van der Waals surface area contributed by atoms with Crippen LogP contribution in [0.5, 0.6) is 17.2 Å². The van der Waals surface area contributed by atoms with E-state index in [9.17, 15) is 0 Å². The predicted octanol–water partition coefficient (Wildman–Crippen LogP) is 7.40. The van der Waals surface area contributed by atoms with Crippen LogP contribution in [0, 0.1) is 0 Å². The minimum atomic E-state index is -2.77. The second-order valence-electron chi connectivity index (χ2n) is 10.2. The fourth-order valence-electron chi connectivity index (χ4n) is 4.97. The topological polar surface area (TPSA) is 86.1 Å². The summed E-state index contributed by atoms with van der Waals surface area (Å²) in [6.07, 6.45) is 0.695. The van der Waals surface area contributed by atoms with Crippen LogP contribution < -0.4 is 14.2 Å². The molecule has 10 heteroatoms. The van der Waals surface area contributed by atoms with Gasteiger partial charge in [-0.25, -0.2) is 0 Å². The van der Waals surface area contributed by atoms with E-state index in [-0.39, 0.29) is 0 Å². The molecule has 0 aliphatic carbocycles. The number of aromatic nitrogens is 3. The number of benzene rings is 4. The molecule has 9 nitrogen and oxygen atoms in total. The SMILES string of the molecule is CCO[Si](CCCOc1cc(OCc2ccccc2)c(-n2nc3ccccc3n2)c(OCc2ccccc2)c1)(OCC)OCC. The van der Waals surface area contributed by atoms with E-state index in [1.807, 2.05) is 118 Å². The molecule has 45 heavy (non-hydrogen) atoms. The van der Waals surface area contributed by atoms with Gasteiger partial charge < -0.3 is 27.5 Å². The molecule has 5 rings (SSSR count). The second kappa shape index (κ2) is 16.2. The van der Waals surface area contributed by atoms with Crippen molar-refractivity contribution >= 4 is 19.8 Å². The zero-order chi connectivity index (χ0) is 31.3. The van der Waals surface area contributed by atoms with Gasteiger partial charge in [-0.15, -0.1) is 15.0 Å². The summed E-state index contributed by atoms with van der Waals surface area (Å²) in [5.41, 5.74) is 4.20. The number of ether oxygens (including phenoxy) is 3. The molecular formula is C35H41N3O6Si. The Bertz CT molecular complexity index is 1500. The normalized spacial score (nSPS) is 11.5. The molecule has 0 atom stereocenters. The van der Waals surface area contributed by atoms with Gasteiger partial charge in [0.15, 0.2) is 17.2 Å². The number of nitrogens with zero attached hydrogens (tertiary/aromatic N) is 3. The summed E-state index contributed by atoms with van der Waals surface area (Å²) in [6.45, 7) is 8.62. The molecule has 5 aromatic rings. The first-order valence-electron chi connectivity index (χ1n) is 15.5. The van der Waals surface area contributed by atoms with Crippen LogP contribution in [0.2, 0.25) is 6.04 Å². The molecule has 0 aliphatic heterocycles. The Morgan fingerprint density at radius 1 is 0.600 bits per heavy atom. The van der Waals surface area contributed by atoms with Crippen LogP contribution in [0.1, 0.15) is 38.3 Å². The molecule has 0 saturated carbocycles. The first kappa shape index (κ1) is 32.2. The van der Waals surface area contributed by atoms with Crippen LogP contribution in [-0.4, -0.2) is 50.2 Å². The Balaban J connectivity index is 1.46. The Morgan fingerprint density at radius 3 is 1.53 bits per heavy atom. The lowest BCUT2D eigenvalue weighted by Gasteiger charge is -2.28. The maximum Gasteiger partial charge on any atom is 0.501 e. The number of rotatable bonds is 18. The van der Waals surface area contributed by atoms with Gasteiger partial charge in [0.1, 0.15) is 30.0 Å². The van der Waals surface area contributed by atoms with E-state index < -0.39 is 8.80 Å². The molecule has 0 radical (unpaired) electrons. The summed E-state index contributed by atoms with van der Waals surface area (Å²) in [5.74, 6) is 1.70. The first-order valence-corrected chi connectivity index (χ1v) is 17.4. The molecule has 0 fully saturated rings. The van der Waals surface area contributed by atoms with Crippen LogP contribution >= 0.6 is 0 Å². The van der Waals surface area contributed by atoms with E-state index in [1.54, 1.807) is 4.80 Å². The van der Waals surface area contributed by atoms with Crippen LogP contribution in [0.3, 0.4) is 0 Å². The van der Waals surface area contributed by atoms with Crippen molar-refractivity contribution in [3.05, 3.63) is 108 Å². The molecule has 0 bridgehead atoms. The molecule has 0 spiro atoms. The van der Waals surface area contributed by atoms with Gasteiger partial charge in [-0.3, -0.25) is 0 Å². The highest BCUT2D eigenvalue weighted by atomic mass is 28.4. The van der Waals surface area contributed by atoms with Gasteiger partial charge in [-0.05, 0) is 50.5 Å². The maximum absolute atomic E-state index is 6.45. The van der Waals surface area contributed by atoms with E-state index in [0.29, 0.717) is 75.0 Å². The highest BCUT2D eigenvalue weighted by molar-refractivity contribution is 6.60. The van der Waals surface area contributed by atoms with E-state index in [1.165, 1.54) is 0 Å². The summed E-state index contributed by atoms with van der Waals surface area (Å²) in [5, 5.41) is 9.53. The molecule has 0 saturated heterocycles. The van der Waals surface area contributed by atoms with Crippen molar-refractivity contribution in [2.75, 3.05) is 26.4 Å². The van der Waals surface area contributed by atoms with Crippen molar-refractivity contribution in [2.24, 2.45) is 0 Å². The van der Waals surface area contributed by atoms with Crippen molar-refractivity contribution in [2.45, 2.75) is 46.4 Å². The Morgan fingerprint density at radius 2 is 1.07 bits per heavy atom. The number of hydrogen-bond acceptors (Lipinski definition) is 8. The maximum atomic E-state index is 6.45. The zero-order valence-corrected chi connectivity index (χ0v) is 27.2. The Hall–Kier alpha value is -4.22. The van der Waals surface area contributed by atoms with Gasteiger partial charge in [0, 0.05) is 38.0 Å². The van der Waals surface area contributed by atoms with E-state index in [2.05, 4.69) is 0 Å². The van der Waals surface area contributed by atoms with Crippen LogP contribution in [0.4, 0.5) is 0 Å². The summed E-state index contributed by atoms with van der Waals surface area (Å²) < 4.78 is 37.3. The molecule has 236 valence electrons. The lowest BCUT2D eigenvalue weighted by molar-refractivity contribution is 0.0696. The van der Waals surface area contributed by atoms with Gasteiger partial charge in [0.25, 0.3) is 0 Å². The Kier molecular flexibility index (Phi) is 11.6. The van der Waals surface area contributed by atoms with Gasteiger partial charge >= 0.3 is 8.80 Å². The first-order chi connectivity index (χ1) is 22.1. The summed E-state index contributed by atoms with van der Waals surface area (Å²) in [4.78, 5) is 1.58. The second-order valence-corrected chi connectivity index (χ2v) is 13.0. The lowest BCUT2D eigenvalue weighted by atomic mass is 10.2. The molecule has 0 aliphatic rings. The van der Waals surface area contributed by atoms with E-state index >= 15 is 0 Å². The standard InChI is InChI=1S/C35H41N3O6Si/c1-4-42-45(43-5-2,44-6-3)23-15-22-39-30-24-33(40-26-28-16-9-7-10-17-28)35(38-36-31-20-13-14-21-32(31)37-38)34(25-30)41-27-29-18-11-8-12-19-29/h7-14,16-21,24-25H,4-6,15,22-23,26-27H2,1-3H3. The van der Waals surface area contributed by atoms with Crippen molar-refractivity contribution in [1.82, 2.24) is 15.0 Å². The summed E-state index contributed by atoms with van der Waals surface area (Å²) in [7, 11) is -2.77. The summed E-state index contributed by atoms with van der Waals surface area (Å²) >= 11 is 0. The average Bonchev–Trinajstić information content (AvgIpc) is 3.50. The minimum Gasteiger partial charge on any atom is -0.493 e. The molecular weight excluding hydrogens is 586 g/mol. The molecule has 1 heterocycles. The van der Waals surface area contributed by atoms with Crippen LogP contribution in [-0.2, 0) is 26.5 Å². The van der Waals surface area contributed by atoms with Gasteiger partial charge in [-0.2, -0.15) is 0 Å². The fraction of sp³-hybridized carbons (Fsp3) is 0.314. The van der Waals surface area contributed by atoms with Crippen LogP contribution in [0.15, 0.2) is 97.1 Å². The van der Waals surface area contributed by atoms with Crippen molar-refractivity contribution in [3.63, 3.8) is 0 Å². The van der Waals surface area contributed by atoms with Gasteiger partial charge in [0.05, 0.1) is 6.61 Å². The average molecular weight is 628 g/mol. The van der Waals surface area contributed by atoms with Crippen molar-refractivity contribution in [3.8, 4) is 22.9 Å². The lowest BCUT2D eigenvalue weighted by Crippen LogP contribution is -2.46. The van der Waals surface area contributed by atoms with Crippen molar-refractivity contribution in [1.29, 1.82) is 0 Å². The molecule has 4 aromatic carbocycles. The van der Waals surface area contributed by atoms with E-state index in [4.69, 9.17) is 37.7 Å². The van der Waals surface area contributed by atoms with Crippen molar-refractivity contribution < 1.29 is 27.5 Å². The predicted molar refractivity (Wildman–Crippen MR) is 176 cm³/mol.